The first-order valence-corrected chi connectivity index (χ1v) is 18.1. The quantitative estimate of drug-likeness (QED) is 0.163. The molecule has 9 aromatic rings. The third-order valence-corrected chi connectivity index (χ3v) is 11.7. The maximum absolute atomic E-state index is 4.99. The van der Waals surface area contributed by atoms with E-state index in [0.717, 1.165) is 16.7 Å². The molecule has 0 aliphatic carbocycles. The Bertz CT molecular complexity index is 2520. The Hall–Kier alpha value is -5.93. The van der Waals surface area contributed by atoms with Gasteiger partial charge in [0.2, 0.25) is 0 Å². The van der Waals surface area contributed by atoms with E-state index in [0.29, 0.717) is 17.5 Å². The van der Waals surface area contributed by atoms with Crippen LogP contribution in [0.2, 0.25) is 0 Å². The standard InChI is InChI=1S/C45H29N3Se/c1-4-13-30(14-5-1)31-25-27-32(28-26-31)37-21-11-23-39-40-24-12-22-38(42(40)49-41(37)39)35-19-10-20-36(29-35)45-47-43(33-15-6-2-7-16-33)46-44(48-45)34-17-8-3-9-18-34/h1-29H. The van der Waals surface area contributed by atoms with Crippen LogP contribution in [0, 0.1) is 0 Å². The molecule has 49 heavy (non-hydrogen) atoms. The molecule has 0 fully saturated rings. The summed E-state index contributed by atoms with van der Waals surface area (Å²) < 4.78 is 2.86. The van der Waals surface area contributed by atoms with Crippen molar-refractivity contribution in [3.63, 3.8) is 0 Å². The first-order valence-electron chi connectivity index (χ1n) is 16.4. The molecule has 0 N–H and O–H groups in total. The van der Waals surface area contributed by atoms with Crippen molar-refractivity contribution in [2.45, 2.75) is 0 Å². The van der Waals surface area contributed by atoms with Crippen molar-refractivity contribution in [1.82, 2.24) is 15.0 Å². The number of hydrogen-bond acceptors (Lipinski definition) is 3. The van der Waals surface area contributed by atoms with E-state index in [1.165, 1.54) is 52.7 Å². The van der Waals surface area contributed by atoms with Gasteiger partial charge in [-0.2, -0.15) is 0 Å². The first-order chi connectivity index (χ1) is 24.3. The van der Waals surface area contributed by atoms with E-state index in [1.54, 1.807) is 0 Å². The molecule has 0 saturated carbocycles. The van der Waals surface area contributed by atoms with Gasteiger partial charge in [0.25, 0.3) is 0 Å². The maximum atomic E-state index is 4.99. The molecule has 0 unspecified atom stereocenters. The van der Waals surface area contributed by atoms with Crippen molar-refractivity contribution in [3.05, 3.63) is 176 Å². The van der Waals surface area contributed by atoms with Gasteiger partial charge in [-0.15, -0.1) is 0 Å². The Balaban J connectivity index is 1.15. The average Bonchev–Trinajstić information content (AvgIpc) is 3.58. The van der Waals surface area contributed by atoms with Crippen LogP contribution in [-0.2, 0) is 0 Å². The molecule has 0 radical (unpaired) electrons. The van der Waals surface area contributed by atoms with Gasteiger partial charge in [-0.1, -0.05) is 0 Å². The molecule has 3 nitrogen and oxygen atoms in total. The van der Waals surface area contributed by atoms with Gasteiger partial charge in [0.15, 0.2) is 0 Å². The Morgan fingerprint density at radius 2 is 0.673 bits per heavy atom. The average molecular weight is 691 g/mol. The van der Waals surface area contributed by atoms with E-state index < -0.39 is 0 Å². The van der Waals surface area contributed by atoms with Crippen molar-refractivity contribution < 1.29 is 0 Å². The molecule has 0 bridgehead atoms. The predicted molar refractivity (Wildman–Crippen MR) is 204 cm³/mol. The van der Waals surface area contributed by atoms with Crippen molar-refractivity contribution >= 4 is 33.8 Å². The number of aromatic nitrogens is 3. The normalized spacial score (nSPS) is 11.3. The summed E-state index contributed by atoms with van der Waals surface area (Å²) >= 11 is 0.139. The van der Waals surface area contributed by atoms with E-state index >= 15 is 0 Å². The molecule has 0 saturated heterocycles. The molecule has 0 aliphatic heterocycles. The van der Waals surface area contributed by atoms with Gasteiger partial charge >= 0.3 is 292 Å². The van der Waals surface area contributed by atoms with Crippen LogP contribution in [0.5, 0.6) is 0 Å². The summed E-state index contributed by atoms with van der Waals surface area (Å²) in [6, 6.07) is 62.0. The molecule has 9 rings (SSSR count). The Morgan fingerprint density at radius 1 is 0.286 bits per heavy atom. The van der Waals surface area contributed by atoms with Crippen LogP contribution in [0.15, 0.2) is 176 Å². The summed E-state index contributed by atoms with van der Waals surface area (Å²) in [5.41, 5.74) is 10.4. The summed E-state index contributed by atoms with van der Waals surface area (Å²) in [6.45, 7) is 0. The van der Waals surface area contributed by atoms with Crippen LogP contribution < -0.4 is 0 Å². The summed E-state index contributed by atoms with van der Waals surface area (Å²) in [5.74, 6) is 1.99. The number of nitrogens with zero attached hydrogens (tertiary/aromatic N) is 3. The second-order valence-corrected chi connectivity index (χ2v) is 14.2. The van der Waals surface area contributed by atoms with E-state index in [1.807, 2.05) is 60.7 Å². The zero-order valence-corrected chi connectivity index (χ0v) is 28.2. The number of hydrogen-bond donors (Lipinski definition) is 0. The van der Waals surface area contributed by atoms with Crippen molar-refractivity contribution in [2.75, 3.05) is 0 Å². The van der Waals surface area contributed by atoms with Crippen LogP contribution in [0.1, 0.15) is 0 Å². The van der Waals surface area contributed by atoms with Gasteiger partial charge in [-0.25, -0.2) is 0 Å². The fourth-order valence-corrected chi connectivity index (χ4v) is 9.39. The molecule has 0 amide bonds. The SMILES string of the molecule is c1ccc(-c2ccc(-c3cccc4c3[se]c3c(-c5cccc(-c6nc(-c7ccccc7)nc(-c7ccccc7)n6)c5)cccc34)cc2)cc1. The third-order valence-electron chi connectivity index (χ3n) is 8.96. The van der Waals surface area contributed by atoms with Gasteiger partial charge < -0.3 is 0 Å². The number of rotatable bonds is 6. The molecule has 0 atom stereocenters. The zero-order chi connectivity index (χ0) is 32.6. The topological polar surface area (TPSA) is 38.7 Å². The van der Waals surface area contributed by atoms with Crippen LogP contribution in [0.3, 0.4) is 0 Å². The molecule has 230 valence electrons. The first kappa shape index (κ1) is 29.2. The van der Waals surface area contributed by atoms with Gasteiger partial charge in [0.1, 0.15) is 0 Å². The second-order valence-electron chi connectivity index (χ2n) is 12.0. The van der Waals surface area contributed by atoms with Crippen LogP contribution >= 0.6 is 0 Å². The van der Waals surface area contributed by atoms with Gasteiger partial charge in [0, 0.05) is 0 Å². The number of fused-ring (bicyclic) bond motifs is 3. The number of benzene rings is 7. The van der Waals surface area contributed by atoms with E-state index in [2.05, 4.69) is 115 Å². The van der Waals surface area contributed by atoms with Crippen LogP contribution in [0.25, 0.3) is 86.8 Å². The molecule has 2 heterocycles. The van der Waals surface area contributed by atoms with Gasteiger partial charge in [0.05, 0.1) is 0 Å². The molecular formula is C45H29N3Se. The van der Waals surface area contributed by atoms with E-state index in [-0.39, 0.29) is 14.5 Å². The summed E-state index contributed by atoms with van der Waals surface area (Å²) in [6.07, 6.45) is 0. The minimum absolute atomic E-state index is 0.139. The predicted octanol–water partition coefficient (Wildman–Crippen LogP) is 11.2. The minimum atomic E-state index is 0.139. The van der Waals surface area contributed by atoms with E-state index in [4.69, 9.17) is 15.0 Å². The van der Waals surface area contributed by atoms with Crippen molar-refractivity contribution in [1.29, 1.82) is 0 Å². The van der Waals surface area contributed by atoms with Gasteiger partial charge in [-0.05, 0) is 0 Å². The summed E-state index contributed by atoms with van der Waals surface area (Å²) in [4.78, 5) is 14.9. The van der Waals surface area contributed by atoms with Gasteiger partial charge in [-0.3, -0.25) is 0 Å². The molecule has 0 spiro atoms. The molecule has 7 aromatic carbocycles. The molecular weight excluding hydrogens is 661 g/mol. The Morgan fingerprint density at radius 3 is 1.22 bits per heavy atom. The molecule has 2 aromatic heterocycles. The van der Waals surface area contributed by atoms with Crippen molar-refractivity contribution in [3.8, 4) is 67.5 Å². The summed E-state index contributed by atoms with van der Waals surface area (Å²) in [7, 11) is 0. The third kappa shape index (κ3) is 5.58. The van der Waals surface area contributed by atoms with Crippen molar-refractivity contribution in [2.24, 2.45) is 0 Å². The fourth-order valence-electron chi connectivity index (χ4n) is 6.51. The fraction of sp³-hybridized carbons (Fsp3) is 0. The Labute approximate surface area is 291 Å². The molecule has 4 heteroatoms. The molecule has 0 aliphatic rings. The van der Waals surface area contributed by atoms with E-state index in [9.17, 15) is 0 Å². The van der Waals surface area contributed by atoms with Crippen LogP contribution in [-0.4, -0.2) is 29.5 Å². The van der Waals surface area contributed by atoms with Crippen LogP contribution in [0.4, 0.5) is 0 Å². The summed E-state index contributed by atoms with van der Waals surface area (Å²) in [5, 5.41) is 2.67. The monoisotopic (exact) mass is 691 g/mol. The zero-order valence-electron chi connectivity index (χ0n) is 26.5. The second kappa shape index (κ2) is 12.6. The Kier molecular flexibility index (Phi) is 7.51.